The van der Waals surface area contributed by atoms with Crippen molar-refractivity contribution in [3.05, 3.63) is 23.2 Å². The van der Waals surface area contributed by atoms with E-state index in [9.17, 15) is 8.42 Å². The number of sulfonamides is 1. The second-order valence-electron chi connectivity index (χ2n) is 5.02. The highest BCUT2D eigenvalue weighted by molar-refractivity contribution is 7.89. The molecule has 0 radical (unpaired) electrons. The molecule has 0 unspecified atom stereocenters. The Morgan fingerprint density at radius 2 is 2.05 bits per heavy atom. The van der Waals surface area contributed by atoms with Gasteiger partial charge < -0.3 is 10.6 Å². The van der Waals surface area contributed by atoms with Crippen LogP contribution in [0.5, 0.6) is 0 Å². The third-order valence-corrected chi connectivity index (χ3v) is 5.61. The zero-order valence-electron chi connectivity index (χ0n) is 11.5. The molecule has 3 N–H and O–H groups in total. The van der Waals surface area contributed by atoms with Crippen LogP contribution in [0.2, 0.25) is 5.02 Å². The fraction of sp³-hybridized carbons (Fsp3) is 0.538. The minimum absolute atomic E-state index is 0.0311. The SMILES string of the molecule is CCN1CCC(NS(=O)(=O)c2ccc(N)cc2Cl)CC1. The molecule has 0 aromatic heterocycles. The van der Waals surface area contributed by atoms with Crippen LogP contribution in [0, 0.1) is 0 Å². The minimum Gasteiger partial charge on any atom is -0.399 e. The maximum Gasteiger partial charge on any atom is 0.242 e. The topological polar surface area (TPSA) is 75.4 Å². The van der Waals surface area contributed by atoms with E-state index in [2.05, 4.69) is 16.5 Å². The largest absolute Gasteiger partial charge is 0.399 e. The smallest absolute Gasteiger partial charge is 0.242 e. The first-order valence-electron chi connectivity index (χ1n) is 6.72. The van der Waals surface area contributed by atoms with Gasteiger partial charge in [-0.2, -0.15) is 0 Å². The average molecular weight is 318 g/mol. The maximum atomic E-state index is 12.3. The fourth-order valence-corrected chi connectivity index (χ4v) is 4.24. The number of rotatable bonds is 4. The van der Waals surface area contributed by atoms with Gasteiger partial charge >= 0.3 is 0 Å². The van der Waals surface area contributed by atoms with Gasteiger partial charge in [0.1, 0.15) is 4.90 Å². The van der Waals surface area contributed by atoms with Crippen LogP contribution < -0.4 is 10.5 Å². The Morgan fingerprint density at radius 1 is 1.40 bits per heavy atom. The van der Waals surface area contributed by atoms with Crippen molar-refractivity contribution in [2.45, 2.75) is 30.7 Å². The van der Waals surface area contributed by atoms with Crippen LogP contribution in [-0.4, -0.2) is 39.0 Å². The molecule has 5 nitrogen and oxygen atoms in total. The van der Waals surface area contributed by atoms with Gasteiger partial charge in [0.2, 0.25) is 10.0 Å². The molecule has 0 amide bonds. The molecule has 7 heteroatoms. The van der Waals surface area contributed by atoms with Crippen molar-refractivity contribution < 1.29 is 8.42 Å². The number of halogens is 1. The lowest BCUT2D eigenvalue weighted by Gasteiger charge is -2.31. The van der Waals surface area contributed by atoms with Crippen molar-refractivity contribution in [2.24, 2.45) is 0 Å². The first-order valence-corrected chi connectivity index (χ1v) is 8.58. The standard InChI is InChI=1S/C13H20ClN3O2S/c1-2-17-7-5-11(6-8-17)16-20(18,19)13-4-3-10(15)9-12(13)14/h3-4,9,11,16H,2,5-8,15H2,1H3. The molecule has 2 rings (SSSR count). The van der Waals surface area contributed by atoms with E-state index in [0.717, 1.165) is 32.5 Å². The summed E-state index contributed by atoms with van der Waals surface area (Å²) in [5.41, 5.74) is 6.03. The summed E-state index contributed by atoms with van der Waals surface area (Å²) >= 11 is 5.97. The van der Waals surface area contributed by atoms with Crippen molar-refractivity contribution in [1.29, 1.82) is 0 Å². The third kappa shape index (κ3) is 3.63. The van der Waals surface area contributed by atoms with E-state index < -0.39 is 10.0 Å². The van der Waals surface area contributed by atoms with E-state index in [1.165, 1.54) is 12.1 Å². The maximum absolute atomic E-state index is 12.3. The van der Waals surface area contributed by atoms with Gasteiger partial charge in [-0.15, -0.1) is 0 Å². The van der Waals surface area contributed by atoms with Gasteiger partial charge in [0.15, 0.2) is 0 Å². The number of anilines is 1. The van der Waals surface area contributed by atoms with Crippen LogP contribution in [0.15, 0.2) is 23.1 Å². The van der Waals surface area contributed by atoms with Gasteiger partial charge in [-0.3, -0.25) is 0 Å². The Balaban J connectivity index is 2.08. The number of likely N-dealkylation sites (tertiary alicyclic amines) is 1. The number of benzene rings is 1. The van der Waals surface area contributed by atoms with Crippen molar-refractivity contribution in [3.8, 4) is 0 Å². The highest BCUT2D eigenvalue weighted by Gasteiger charge is 2.25. The molecular formula is C13H20ClN3O2S. The number of hydrogen-bond acceptors (Lipinski definition) is 4. The molecular weight excluding hydrogens is 298 g/mol. The molecule has 1 aromatic carbocycles. The molecule has 1 fully saturated rings. The summed E-state index contributed by atoms with van der Waals surface area (Å²) in [4.78, 5) is 2.40. The monoisotopic (exact) mass is 317 g/mol. The van der Waals surface area contributed by atoms with Crippen LogP contribution in [0.25, 0.3) is 0 Å². The second-order valence-corrected chi connectivity index (χ2v) is 7.11. The van der Waals surface area contributed by atoms with Crippen LogP contribution in [0.4, 0.5) is 5.69 Å². The third-order valence-electron chi connectivity index (χ3n) is 3.60. The summed E-state index contributed by atoms with van der Waals surface area (Å²) < 4.78 is 27.4. The summed E-state index contributed by atoms with van der Waals surface area (Å²) in [5, 5.41) is 0.156. The molecule has 1 aliphatic heterocycles. The van der Waals surface area contributed by atoms with Gasteiger partial charge in [0.05, 0.1) is 5.02 Å². The Bertz CT molecular complexity index is 569. The summed E-state index contributed by atoms with van der Waals surface area (Å²) in [7, 11) is -3.59. The van der Waals surface area contributed by atoms with Gasteiger partial charge in [0, 0.05) is 11.7 Å². The number of piperidine rings is 1. The Morgan fingerprint density at radius 3 is 2.60 bits per heavy atom. The molecule has 1 saturated heterocycles. The van der Waals surface area contributed by atoms with Gasteiger partial charge in [-0.1, -0.05) is 18.5 Å². The molecule has 0 spiro atoms. The van der Waals surface area contributed by atoms with Crippen molar-refractivity contribution in [3.63, 3.8) is 0 Å². The molecule has 1 heterocycles. The van der Waals surface area contributed by atoms with E-state index in [-0.39, 0.29) is 16.0 Å². The van der Waals surface area contributed by atoms with Crippen LogP contribution in [0.1, 0.15) is 19.8 Å². The molecule has 112 valence electrons. The molecule has 1 aliphatic rings. The zero-order chi connectivity index (χ0) is 14.8. The summed E-state index contributed by atoms with van der Waals surface area (Å²) in [6, 6.07) is 4.41. The predicted molar refractivity (Wildman–Crippen MR) is 81.3 cm³/mol. The van der Waals surface area contributed by atoms with Crippen LogP contribution in [0.3, 0.4) is 0 Å². The highest BCUT2D eigenvalue weighted by atomic mass is 35.5. The Hall–Kier alpha value is -0.820. The normalized spacial score (nSPS) is 18.3. The van der Waals surface area contributed by atoms with E-state index in [1.54, 1.807) is 6.07 Å². The fourth-order valence-electron chi connectivity index (χ4n) is 2.38. The van der Waals surface area contributed by atoms with Gasteiger partial charge in [-0.05, 0) is 50.7 Å². The number of hydrogen-bond donors (Lipinski definition) is 2. The number of nitrogens with zero attached hydrogens (tertiary/aromatic N) is 1. The van der Waals surface area contributed by atoms with Crippen molar-refractivity contribution in [2.75, 3.05) is 25.4 Å². The van der Waals surface area contributed by atoms with E-state index in [1.807, 2.05) is 0 Å². The lowest BCUT2D eigenvalue weighted by molar-refractivity contribution is 0.217. The van der Waals surface area contributed by atoms with E-state index in [0.29, 0.717) is 5.69 Å². The first kappa shape index (κ1) is 15.6. The van der Waals surface area contributed by atoms with Crippen molar-refractivity contribution in [1.82, 2.24) is 9.62 Å². The summed E-state index contributed by atoms with van der Waals surface area (Å²) in [6.45, 7) is 4.94. The number of nitrogens with one attached hydrogen (secondary N) is 1. The molecule has 0 saturated carbocycles. The molecule has 0 aliphatic carbocycles. The van der Waals surface area contributed by atoms with Crippen LogP contribution >= 0.6 is 11.6 Å². The second kappa shape index (κ2) is 6.30. The highest BCUT2D eigenvalue weighted by Crippen LogP contribution is 2.24. The lowest BCUT2D eigenvalue weighted by Crippen LogP contribution is -2.44. The van der Waals surface area contributed by atoms with E-state index in [4.69, 9.17) is 17.3 Å². The lowest BCUT2D eigenvalue weighted by atomic mass is 10.1. The van der Waals surface area contributed by atoms with E-state index >= 15 is 0 Å². The summed E-state index contributed by atoms with van der Waals surface area (Å²) in [6.07, 6.45) is 1.64. The molecule has 1 aromatic rings. The first-order chi connectivity index (χ1) is 9.42. The van der Waals surface area contributed by atoms with Crippen LogP contribution in [-0.2, 0) is 10.0 Å². The van der Waals surface area contributed by atoms with Crippen molar-refractivity contribution >= 4 is 27.3 Å². The summed E-state index contributed by atoms with van der Waals surface area (Å²) in [5.74, 6) is 0. The number of nitrogens with two attached hydrogens (primary N) is 1. The predicted octanol–water partition coefficient (Wildman–Crippen LogP) is 1.68. The average Bonchev–Trinajstić information content (AvgIpc) is 2.38. The zero-order valence-corrected chi connectivity index (χ0v) is 13.0. The molecule has 0 atom stereocenters. The Labute approximate surface area is 125 Å². The Kier molecular flexibility index (Phi) is 4.90. The van der Waals surface area contributed by atoms with Gasteiger partial charge in [-0.25, -0.2) is 13.1 Å². The molecule has 20 heavy (non-hydrogen) atoms. The number of nitrogen functional groups attached to an aromatic ring is 1. The quantitative estimate of drug-likeness (QED) is 0.829. The van der Waals surface area contributed by atoms with Gasteiger partial charge in [0.25, 0.3) is 0 Å². The minimum atomic E-state index is -3.59. The molecule has 0 bridgehead atoms.